The number of hydrogen-bond acceptors (Lipinski definition) is 4. The monoisotopic (exact) mass is 587 g/mol. The highest BCUT2D eigenvalue weighted by Crippen LogP contribution is 2.47. The Morgan fingerprint density at radius 1 is 0.476 bits per heavy atom. The zero-order valence-electron chi connectivity index (χ0n) is 28.4. The predicted octanol–water partition coefficient (Wildman–Crippen LogP) is 12.4. The quantitative estimate of drug-likeness (QED) is 0.0497. The van der Waals surface area contributed by atoms with Crippen LogP contribution in [-0.2, 0) is 9.59 Å². The highest BCUT2D eigenvalue weighted by atomic mass is 16.1. The Hall–Kier alpha value is -1.24. The van der Waals surface area contributed by atoms with Crippen molar-refractivity contribution in [3.8, 4) is 0 Å². The lowest BCUT2D eigenvalue weighted by atomic mass is 9.61. The zero-order valence-corrected chi connectivity index (χ0v) is 28.4. The molecule has 4 heteroatoms. The van der Waals surface area contributed by atoms with Crippen molar-refractivity contribution in [3.63, 3.8) is 0 Å². The number of rotatable bonds is 29. The second kappa shape index (κ2) is 28.5. The minimum Gasteiger partial charge on any atom is -0.211 e. The van der Waals surface area contributed by atoms with Crippen molar-refractivity contribution in [1.29, 1.82) is 0 Å². The van der Waals surface area contributed by atoms with Gasteiger partial charge in [0.1, 0.15) is 0 Å². The lowest BCUT2D eigenvalue weighted by Crippen LogP contribution is -2.35. The van der Waals surface area contributed by atoms with Crippen molar-refractivity contribution in [2.45, 2.75) is 207 Å². The minimum atomic E-state index is -0.579. The molecule has 42 heavy (non-hydrogen) atoms. The molecular weight excluding hydrogens is 516 g/mol. The summed E-state index contributed by atoms with van der Waals surface area (Å²) < 4.78 is 0. The topological polar surface area (TPSA) is 58.9 Å². The van der Waals surface area contributed by atoms with Gasteiger partial charge in [0.2, 0.25) is 12.2 Å². The molecule has 0 bridgehead atoms. The number of isocyanates is 2. The van der Waals surface area contributed by atoms with Gasteiger partial charge in [0.15, 0.2) is 6.17 Å². The number of unbranched alkanes of at least 4 members (excludes halogenated alkanes) is 17. The first-order valence-electron chi connectivity index (χ1n) is 18.9. The molecule has 4 nitrogen and oxygen atoms in total. The third-order valence-corrected chi connectivity index (χ3v) is 10.3. The molecule has 0 spiro atoms. The summed E-state index contributed by atoms with van der Waals surface area (Å²) in [6, 6.07) is 0. The Bertz CT molecular complexity index is 679. The normalized spacial score (nSPS) is 21.0. The number of nitrogens with zero attached hydrogens (tertiary/aromatic N) is 2. The Morgan fingerprint density at radius 3 is 1.24 bits per heavy atom. The first kappa shape index (κ1) is 38.8. The van der Waals surface area contributed by atoms with Crippen LogP contribution in [0.1, 0.15) is 201 Å². The summed E-state index contributed by atoms with van der Waals surface area (Å²) in [6.07, 6.45) is 40.6. The average Bonchev–Trinajstić information content (AvgIpc) is 2.99. The fraction of sp³-hybridized carbons (Fsp3) is 0.947. The number of aliphatic imine (C=N–C) groups is 2. The van der Waals surface area contributed by atoms with Gasteiger partial charge in [-0.1, -0.05) is 162 Å². The molecule has 1 aliphatic carbocycles. The average molecular weight is 587 g/mol. The van der Waals surface area contributed by atoms with Crippen LogP contribution in [0.25, 0.3) is 0 Å². The molecule has 0 aromatic rings. The number of hydrogen-bond donors (Lipinski definition) is 0. The van der Waals surface area contributed by atoms with E-state index in [1.807, 2.05) is 0 Å². The van der Waals surface area contributed by atoms with Gasteiger partial charge in [0.05, 0.1) is 0 Å². The summed E-state index contributed by atoms with van der Waals surface area (Å²) in [6.45, 7) is 7.00. The second-order valence-electron chi connectivity index (χ2n) is 13.7. The van der Waals surface area contributed by atoms with E-state index in [0.29, 0.717) is 6.42 Å². The molecule has 0 N–H and O–H groups in total. The highest BCUT2D eigenvalue weighted by Gasteiger charge is 2.37. The Kier molecular flexibility index (Phi) is 26.3. The highest BCUT2D eigenvalue weighted by molar-refractivity contribution is 5.36. The molecular formula is C38H70N2O2. The molecule has 0 heterocycles. The first-order chi connectivity index (χ1) is 20.7. The molecule has 0 radical (unpaired) electrons. The first-order valence-corrected chi connectivity index (χ1v) is 18.9. The van der Waals surface area contributed by atoms with Gasteiger partial charge in [-0.05, 0) is 62.2 Å². The maximum absolute atomic E-state index is 10.5. The van der Waals surface area contributed by atoms with Crippen molar-refractivity contribution < 1.29 is 9.59 Å². The van der Waals surface area contributed by atoms with Gasteiger partial charge in [-0.25, -0.2) is 9.59 Å². The molecule has 1 fully saturated rings. The van der Waals surface area contributed by atoms with E-state index in [0.717, 1.165) is 36.5 Å². The van der Waals surface area contributed by atoms with E-state index in [2.05, 4.69) is 30.8 Å². The van der Waals surface area contributed by atoms with E-state index in [1.54, 1.807) is 0 Å². The van der Waals surface area contributed by atoms with Gasteiger partial charge in [0.25, 0.3) is 0 Å². The zero-order chi connectivity index (χ0) is 30.5. The van der Waals surface area contributed by atoms with E-state index in [1.165, 1.54) is 173 Å². The molecule has 0 amide bonds. The van der Waals surface area contributed by atoms with Gasteiger partial charge >= 0.3 is 0 Å². The lowest BCUT2D eigenvalue weighted by molar-refractivity contribution is 0.0581. The van der Waals surface area contributed by atoms with Crippen LogP contribution in [0.3, 0.4) is 0 Å². The molecule has 1 aliphatic rings. The standard InChI is InChI=1S/C38H70N2O2/c1-4-7-10-12-13-18-23-28-37-35(26-21-17-14-15-19-24-29-38(39-32-41)40-33-42)31-30-34(25-20-9-6-3)36(37)27-22-16-11-8-5-2/h34-38H,4-31H2,1-3H3. The van der Waals surface area contributed by atoms with Crippen LogP contribution in [-0.4, -0.2) is 18.3 Å². The van der Waals surface area contributed by atoms with Gasteiger partial charge in [-0.3, -0.25) is 0 Å². The summed E-state index contributed by atoms with van der Waals surface area (Å²) in [5.41, 5.74) is 0. The van der Waals surface area contributed by atoms with Crippen LogP contribution >= 0.6 is 0 Å². The molecule has 0 saturated heterocycles. The fourth-order valence-corrected chi connectivity index (χ4v) is 7.87. The van der Waals surface area contributed by atoms with Crippen molar-refractivity contribution in [2.24, 2.45) is 33.7 Å². The minimum absolute atomic E-state index is 0.579. The third kappa shape index (κ3) is 19.1. The summed E-state index contributed by atoms with van der Waals surface area (Å²) in [7, 11) is 0. The molecule has 4 unspecified atom stereocenters. The maximum atomic E-state index is 10.5. The second-order valence-corrected chi connectivity index (χ2v) is 13.7. The SMILES string of the molecule is CCCCCCCCCC1C(CCCCCCCCC(N=C=O)N=C=O)CCC(CCCCC)C1CCCCCCC. The van der Waals surface area contributed by atoms with Crippen molar-refractivity contribution >= 4 is 12.2 Å². The van der Waals surface area contributed by atoms with E-state index in [9.17, 15) is 9.59 Å². The van der Waals surface area contributed by atoms with Crippen LogP contribution in [0.15, 0.2) is 9.98 Å². The maximum Gasteiger partial charge on any atom is 0.237 e. The molecule has 244 valence electrons. The molecule has 0 aromatic heterocycles. The Balaban J connectivity index is 2.63. The van der Waals surface area contributed by atoms with Gasteiger partial charge < -0.3 is 0 Å². The van der Waals surface area contributed by atoms with E-state index in [4.69, 9.17) is 0 Å². The van der Waals surface area contributed by atoms with Crippen LogP contribution in [0, 0.1) is 23.7 Å². The van der Waals surface area contributed by atoms with Crippen molar-refractivity contribution in [2.75, 3.05) is 0 Å². The van der Waals surface area contributed by atoms with Crippen LogP contribution < -0.4 is 0 Å². The lowest BCUT2D eigenvalue weighted by Gasteiger charge is -2.44. The number of carbonyl (C=O) groups excluding carboxylic acids is 2. The van der Waals surface area contributed by atoms with E-state index < -0.39 is 6.17 Å². The summed E-state index contributed by atoms with van der Waals surface area (Å²) >= 11 is 0. The van der Waals surface area contributed by atoms with Crippen LogP contribution in [0.5, 0.6) is 0 Å². The molecule has 1 rings (SSSR count). The summed E-state index contributed by atoms with van der Waals surface area (Å²) in [5.74, 6) is 3.90. The third-order valence-electron chi connectivity index (χ3n) is 10.3. The summed E-state index contributed by atoms with van der Waals surface area (Å²) in [5, 5.41) is 0. The Labute approximate surface area is 261 Å². The van der Waals surface area contributed by atoms with Crippen molar-refractivity contribution in [3.05, 3.63) is 0 Å². The van der Waals surface area contributed by atoms with E-state index >= 15 is 0 Å². The van der Waals surface area contributed by atoms with Gasteiger partial charge in [-0.2, -0.15) is 9.98 Å². The predicted molar refractivity (Wildman–Crippen MR) is 180 cm³/mol. The van der Waals surface area contributed by atoms with Crippen molar-refractivity contribution in [1.82, 2.24) is 0 Å². The van der Waals surface area contributed by atoms with E-state index in [-0.39, 0.29) is 0 Å². The van der Waals surface area contributed by atoms with Gasteiger partial charge in [-0.15, -0.1) is 0 Å². The summed E-state index contributed by atoms with van der Waals surface area (Å²) in [4.78, 5) is 28.1. The largest absolute Gasteiger partial charge is 0.237 e. The Morgan fingerprint density at radius 2 is 0.810 bits per heavy atom. The smallest absolute Gasteiger partial charge is 0.211 e. The molecule has 0 aromatic carbocycles. The van der Waals surface area contributed by atoms with Gasteiger partial charge in [0, 0.05) is 0 Å². The van der Waals surface area contributed by atoms with Crippen LogP contribution in [0.2, 0.25) is 0 Å². The fourth-order valence-electron chi connectivity index (χ4n) is 7.87. The molecule has 1 saturated carbocycles. The van der Waals surface area contributed by atoms with Crippen LogP contribution in [0.4, 0.5) is 0 Å². The molecule has 4 atom stereocenters. The molecule has 0 aliphatic heterocycles.